The van der Waals surface area contributed by atoms with E-state index in [2.05, 4.69) is 11.4 Å². The standard InChI is InChI=1S/C14H10ClNOS/c1-8-6-7-11-13(12(8)14(15)17)16-9-4-2-3-5-10(9)18-11/h2-7,16H,1H3. The Kier molecular flexibility index (Phi) is 2.80. The van der Waals surface area contributed by atoms with Gasteiger partial charge in [0.15, 0.2) is 0 Å². The van der Waals surface area contributed by atoms with Crippen LogP contribution in [0.3, 0.4) is 0 Å². The first kappa shape index (κ1) is 11.6. The summed E-state index contributed by atoms with van der Waals surface area (Å²) in [4.78, 5) is 13.8. The van der Waals surface area contributed by atoms with E-state index in [0.717, 1.165) is 26.7 Å². The topological polar surface area (TPSA) is 29.1 Å². The highest BCUT2D eigenvalue weighted by Gasteiger charge is 2.22. The lowest BCUT2D eigenvalue weighted by atomic mass is 10.1. The Balaban J connectivity index is 2.19. The summed E-state index contributed by atoms with van der Waals surface area (Å²) < 4.78 is 0. The normalized spacial score (nSPS) is 12.3. The Morgan fingerprint density at radius 2 is 1.94 bits per heavy atom. The molecule has 2 aromatic carbocycles. The fraction of sp³-hybridized carbons (Fsp3) is 0.0714. The van der Waals surface area contributed by atoms with Crippen LogP contribution in [0.1, 0.15) is 15.9 Å². The highest BCUT2D eigenvalue weighted by Crippen LogP contribution is 2.46. The maximum absolute atomic E-state index is 11.6. The van der Waals surface area contributed by atoms with Gasteiger partial charge in [0.2, 0.25) is 0 Å². The second-order valence-electron chi connectivity index (χ2n) is 4.13. The van der Waals surface area contributed by atoms with Crippen LogP contribution in [-0.4, -0.2) is 5.24 Å². The van der Waals surface area contributed by atoms with Crippen molar-refractivity contribution < 1.29 is 4.79 Å². The van der Waals surface area contributed by atoms with E-state index in [-0.39, 0.29) is 0 Å². The maximum Gasteiger partial charge on any atom is 0.254 e. The quantitative estimate of drug-likeness (QED) is 0.659. The highest BCUT2D eigenvalue weighted by atomic mass is 35.5. The number of carbonyl (C=O) groups excluding carboxylic acids is 1. The zero-order valence-electron chi connectivity index (χ0n) is 9.66. The van der Waals surface area contributed by atoms with Gasteiger partial charge in [-0.15, -0.1) is 0 Å². The van der Waals surface area contributed by atoms with Crippen LogP contribution < -0.4 is 5.32 Å². The molecule has 2 aromatic rings. The lowest BCUT2D eigenvalue weighted by Crippen LogP contribution is -2.06. The minimum Gasteiger partial charge on any atom is -0.353 e. The SMILES string of the molecule is Cc1ccc2c(c1C(=O)Cl)Nc1ccccc1S2. The molecular formula is C14H10ClNOS. The Labute approximate surface area is 114 Å². The molecule has 0 saturated heterocycles. The van der Waals surface area contributed by atoms with Crippen LogP contribution in [0.25, 0.3) is 0 Å². The van der Waals surface area contributed by atoms with Crippen LogP contribution in [-0.2, 0) is 0 Å². The summed E-state index contributed by atoms with van der Waals surface area (Å²) in [6.07, 6.45) is 0. The summed E-state index contributed by atoms with van der Waals surface area (Å²) in [6.45, 7) is 1.89. The summed E-state index contributed by atoms with van der Waals surface area (Å²) >= 11 is 7.33. The van der Waals surface area contributed by atoms with Crippen LogP contribution in [0.4, 0.5) is 11.4 Å². The minimum atomic E-state index is -0.420. The Morgan fingerprint density at radius 1 is 1.17 bits per heavy atom. The Morgan fingerprint density at radius 3 is 2.72 bits per heavy atom. The van der Waals surface area contributed by atoms with Crippen LogP contribution in [0.2, 0.25) is 0 Å². The van der Waals surface area contributed by atoms with Gasteiger partial charge in [0, 0.05) is 9.79 Å². The molecule has 90 valence electrons. The van der Waals surface area contributed by atoms with E-state index in [1.807, 2.05) is 37.3 Å². The summed E-state index contributed by atoms with van der Waals surface area (Å²) in [5.41, 5.74) is 3.29. The van der Waals surface area contributed by atoms with Crippen molar-refractivity contribution in [1.82, 2.24) is 0 Å². The first-order valence-electron chi connectivity index (χ1n) is 5.54. The van der Waals surface area contributed by atoms with Crippen molar-refractivity contribution in [2.45, 2.75) is 16.7 Å². The zero-order valence-corrected chi connectivity index (χ0v) is 11.2. The van der Waals surface area contributed by atoms with Gasteiger partial charge >= 0.3 is 0 Å². The molecule has 1 heterocycles. The molecular weight excluding hydrogens is 266 g/mol. The summed E-state index contributed by atoms with van der Waals surface area (Å²) in [5, 5.41) is 2.89. The van der Waals surface area contributed by atoms with Crippen molar-refractivity contribution in [1.29, 1.82) is 0 Å². The number of benzene rings is 2. The highest BCUT2D eigenvalue weighted by molar-refractivity contribution is 7.99. The largest absolute Gasteiger partial charge is 0.353 e. The predicted molar refractivity (Wildman–Crippen MR) is 75.2 cm³/mol. The molecule has 1 aliphatic rings. The summed E-state index contributed by atoms with van der Waals surface area (Å²) in [7, 11) is 0. The number of fused-ring (bicyclic) bond motifs is 2. The molecule has 1 aliphatic heterocycles. The van der Waals surface area contributed by atoms with Gasteiger partial charge in [0.05, 0.1) is 16.9 Å². The van der Waals surface area contributed by atoms with Crippen molar-refractivity contribution in [3.63, 3.8) is 0 Å². The van der Waals surface area contributed by atoms with Gasteiger partial charge in [-0.3, -0.25) is 4.79 Å². The monoisotopic (exact) mass is 275 g/mol. The molecule has 1 N–H and O–H groups in total. The number of para-hydroxylation sites is 1. The average Bonchev–Trinajstić information content (AvgIpc) is 2.36. The number of nitrogens with one attached hydrogen (secondary N) is 1. The molecule has 0 spiro atoms. The predicted octanol–water partition coefficient (Wildman–Crippen LogP) is 4.58. The number of carbonyl (C=O) groups is 1. The molecule has 0 atom stereocenters. The van der Waals surface area contributed by atoms with Crippen LogP contribution >= 0.6 is 23.4 Å². The van der Waals surface area contributed by atoms with Crippen LogP contribution in [0.5, 0.6) is 0 Å². The zero-order chi connectivity index (χ0) is 12.7. The van der Waals surface area contributed by atoms with E-state index in [1.165, 1.54) is 0 Å². The first-order valence-corrected chi connectivity index (χ1v) is 6.73. The van der Waals surface area contributed by atoms with Gasteiger partial charge in [0.1, 0.15) is 0 Å². The molecule has 0 radical (unpaired) electrons. The van der Waals surface area contributed by atoms with Crippen LogP contribution in [0, 0.1) is 6.92 Å². The molecule has 0 bridgehead atoms. The number of hydrogen-bond donors (Lipinski definition) is 1. The van der Waals surface area contributed by atoms with Gasteiger partial charge in [-0.2, -0.15) is 0 Å². The molecule has 2 nitrogen and oxygen atoms in total. The van der Waals surface area contributed by atoms with Crippen molar-refractivity contribution in [2.75, 3.05) is 5.32 Å². The second-order valence-corrected chi connectivity index (χ2v) is 5.55. The smallest absolute Gasteiger partial charge is 0.254 e. The van der Waals surface area contributed by atoms with Gasteiger partial charge < -0.3 is 5.32 Å². The number of hydrogen-bond acceptors (Lipinski definition) is 3. The fourth-order valence-corrected chi connectivity index (χ4v) is 3.31. The maximum atomic E-state index is 11.6. The summed E-state index contributed by atoms with van der Waals surface area (Å²) in [6, 6.07) is 12.0. The Bertz CT molecular complexity index is 654. The molecule has 4 heteroatoms. The van der Waals surface area contributed by atoms with Crippen molar-refractivity contribution >= 4 is 40.0 Å². The third kappa shape index (κ3) is 1.80. The van der Waals surface area contributed by atoms with Crippen LogP contribution in [0.15, 0.2) is 46.2 Å². The van der Waals surface area contributed by atoms with E-state index in [0.29, 0.717) is 5.56 Å². The molecule has 0 saturated carbocycles. The van der Waals surface area contributed by atoms with E-state index in [4.69, 9.17) is 11.6 Å². The van der Waals surface area contributed by atoms with Gasteiger partial charge in [-0.1, -0.05) is 30.0 Å². The number of rotatable bonds is 1. The van der Waals surface area contributed by atoms with Crippen molar-refractivity contribution in [2.24, 2.45) is 0 Å². The number of anilines is 2. The third-order valence-corrected chi connectivity index (χ3v) is 4.26. The molecule has 0 aromatic heterocycles. The number of halogens is 1. The second kappa shape index (κ2) is 4.34. The number of aryl methyl sites for hydroxylation is 1. The van der Waals surface area contributed by atoms with E-state index in [1.54, 1.807) is 11.8 Å². The first-order chi connectivity index (χ1) is 8.66. The van der Waals surface area contributed by atoms with Gasteiger partial charge in [-0.05, 0) is 42.3 Å². The summed E-state index contributed by atoms with van der Waals surface area (Å²) in [5.74, 6) is 0. The molecule has 18 heavy (non-hydrogen) atoms. The van der Waals surface area contributed by atoms with Gasteiger partial charge in [-0.25, -0.2) is 0 Å². The average molecular weight is 276 g/mol. The van der Waals surface area contributed by atoms with E-state index in [9.17, 15) is 4.79 Å². The van der Waals surface area contributed by atoms with Gasteiger partial charge in [0.25, 0.3) is 5.24 Å². The Hall–Kier alpha value is -1.45. The van der Waals surface area contributed by atoms with Crippen molar-refractivity contribution in [3.05, 3.63) is 47.5 Å². The van der Waals surface area contributed by atoms with Crippen molar-refractivity contribution in [3.8, 4) is 0 Å². The lowest BCUT2D eigenvalue weighted by Gasteiger charge is -2.23. The minimum absolute atomic E-state index is 0.420. The van der Waals surface area contributed by atoms with E-state index >= 15 is 0 Å². The molecule has 3 rings (SSSR count). The van der Waals surface area contributed by atoms with E-state index < -0.39 is 5.24 Å². The third-order valence-electron chi connectivity index (χ3n) is 2.94. The molecule has 0 unspecified atom stereocenters. The molecule has 0 fully saturated rings. The molecule has 0 amide bonds. The fourth-order valence-electron chi connectivity index (χ4n) is 2.06. The lowest BCUT2D eigenvalue weighted by molar-refractivity contribution is 0.108. The molecule has 0 aliphatic carbocycles.